The average molecular weight is 327 g/mol. The van der Waals surface area contributed by atoms with Gasteiger partial charge in [-0.15, -0.1) is 11.3 Å². The standard InChI is InChI=1S/C19H21NOS.CH4/c1-20(2)13-12-18(19-11-6-14-22-19)21-17-10-5-8-15-7-3-4-9-16(15)17;/h3-11,14,18H,12-13H2,1-2H3;1H4/t18-;/m0./s1. The molecule has 3 rings (SSSR count). The number of hydrogen-bond donors (Lipinski definition) is 0. The SMILES string of the molecule is C.CN(C)CC[C@H](Oc1cccc2ccccc12)c1cccs1. The van der Waals surface area contributed by atoms with Crippen molar-refractivity contribution in [3.05, 3.63) is 64.9 Å². The molecule has 0 N–H and O–H groups in total. The van der Waals surface area contributed by atoms with Gasteiger partial charge in [-0.25, -0.2) is 0 Å². The minimum atomic E-state index is 0. The molecule has 0 radical (unpaired) electrons. The van der Waals surface area contributed by atoms with Gasteiger partial charge in [0, 0.05) is 23.2 Å². The monoisotopic (exact) mass is 327 g/mol. The maximum Gasteiger partial charge on any atom is 0.134 e. The van der Waals surface area contributed by atoms with E-state index < -0.39 is 0 Å². The molecule has 0 bridgehead atoms. The first-order valence-electron chi connectivity index (χ1n) is 7.56. The van der Waals surface area contributed by atoms with Gasteiger partial charge >= 0.3 is 0 Å². The summed E-state index contributed by atoms with van der Waals surface area (Å²) in [6.45, 7) is 1.01. The van der Waals surface area contributed by atoms with Gasteiger partial charge in [0.1, 0.15) is 11.9 Å². The summed E-state index contributed by atoms with van der Waals surface area (Å²) in [4.78, 5) is 3.49. The summed E-state index contributed by atoms with van der Waals surface area (Å²) in [7, 11) is 4.20. The molecule has 1 heterocycles. The van der Waals surface area contributed by atoms with Crippen LogP contribution in [0, 0.1) is 0 Å². The van der Waals surface area contributed by atoms with Crippen molar-refractivity contribution < 1.29 is 4.74 Å². The van der Waals surface area contributed by atoms with Crippen LogP contribution in [0.5, 0.6) is 5.75 Å². The summed E-state index contributed by atoms with van der Waals surface area (Å²) in [5, 5.41) is 4.51. The summed E-state index contributed by atoms with van der Waals surface area (Å²) in [5.41, 5.74) is 0. The number of benzene rings is 2. The second kappa shape index (κ2) is 8.14. The van der Waals surface area contributed by atoms with Gasteiger partial charge in [0.15, 0.2) is 0 Å². The number of rotatable bonds is 6. The van der Waals surface area contributed by atoms with Gasteiger partial charge in [-0.05, 0) is 37.0 Å². The molecule has 0 amide bonds. The van der Waals surface area contributed by atoms with Gasteiger partial charge in [0.05, 0.1) is 0 Å². The largest absolute Gasteiger partial charge is 0.484 e. The van der Waals surface area contributed by atoms with E-state index in [1.807, 2.05) is 0 Å². The van der Waals surface area contributed by atoms with Gasteiger partial charge in [0.2, 0.25) is 0 Å². The molecule has 0 aliphatic heterocycles. The lowest BCUT2D eigenvalue weighted by Crippen LogP contribution is -2.18. The zero-order valence-electron chi connectivity index (χ0n) is 13.0. The van der Waals surface area contributed by atoms with Crippen molar-refractivity contribution in [2.75, 3.05) is 20.6 Å². The summed E-state index contributed by atoms with van der Waals surface area (Å²) in [6.07, 6.45) is 1.09. The van der Waals surface area contributed by atoms with E-state index in [0.717, 1.165) is 18.7 Å². The van der Waals surface area contributed by atoms with Crippen molar-refractivity contribution in [3.8, 4) is 5.75 Å². The number of thiophene rings is 1. The van der Waals surface area contributed by atoms with E-state index in [2.05, 4.69) is 79.0 Å². The Bertz CT molecular complexity index is 716. The lowest BCUT2D eigenvalue weighted by Gasteiger charge is -2.21. The fourth-order valence-electron chi connectivity index (χ4n) is 2.56. The minimum absolute atomic E-state index is 0. The molecule has 0 saturated heterocycles. The molecule has 2 nitrogen and oxygen atoms in total. The van der Waals surface area contributed by atoms with Crippen LogP contribution < -0.4 is 4.74 Å². The van der Waals surface area contributed by atoms with Gasteiger partial charge in [-0.2, -0.15) is 0 Å². The smallest absolute Gasteiger partial charge is 0.134 e. The van der Waals surface area contributed by atoms with Crippen molar-refractivity contribution in [1.29, 1.82) is 0 Å². The molecule has 23 heavy (non-hydrogen) atoms. The molecule has 1 aromatic heterocycles. The molecule has 0 saturated carbocycles. The first kappa shape index (κ1) is 17.5. The number of hydrogen-bond acceptors (Lipinski definition) is 3. The third kappa shape index (κ3) is 4.34. The molecule has 0 unspecified atom stereocenters. The van der Waals surface area contributed by atoms with E-state index in [0.29, 0.717) is 0 Å². The Morgan fingerprint density at radius 3 is 2.52 bits per heavy atom. The zero-order chi connectivity index (χ0) is 15.4. The van der Waals surface area contributed by atoms with E-state index in [4.69, 9.17) is 4.74 Å². The van der Waals surface area contributed by atoms with Crippen LogP contribution in [-0.4, -0.2) is 25.5 Å². The summed E-state index contributed by atoms with van der Waals surface area (Å²) >= 11 is 1.76. The molecule has 3 aromatic rings. The van der Waals surface area contributed by atoms with Gasteiger partial charge in [0.25, 0.3) is 0 Å². The summed E-state index contributed by atoms with van der Waals surface area (Å²) in [5.74, 6) is 0.968. The molecule has 0 spiro atoms. The highest BCUT2D eigenvalue weighted by atomic mass is 32.1. The maximum absolute atomic E-state index is 6.41. The minimum Gasteiger partial charge on any atom is -0.484 e. The van der Waals surface area contributed by atoms with Crippen LogP contribution in [0.25, 0.3) is 10.8 Å². The molecule has 1 atom stereocenters. The first-order valence-corrected chi connectivity index (χ1v) is 8.44. The maximum atomic E-state index is 6.41. The molecular weight excluding hydrogens is 302 g/mol. The number of nitrogens with zero attached hydrogens (tertiary/aromatic N) is 1. The van der Waals surface area contributed by atoms with Crippen LogP contribution in [0.4, 0.5) is 0 Å². The van der Waals surface area contributed by atoms with E-state index in [-0.39, 0.29) is 13.5 Å². The Labute approximate surface area is 143 Å². The van der Waals surface area contributed by atoms with Crippen LogP contribution in [-0.2, 0) is 0 Å². The van der Waals surface area contributed by atoms with Crippen molar-refractivity contribution in [2.24, 2.45) is 0 Å². The fourth-order valence-corrected chi connectivity index (χ4v) is 3.35. The Morgan fingerprint density at radius 2 is 1.78 bits per heavy atom. The molecule has 2 aromatic carbocycles. The Balaban J connectivity index is 0.00000192. The van der Waals surface area contributed by atoms with Crippen LogP contribution in [0.2, 0.25) is 0 Å². The molecule has 0 aliphatic rings. The molecular formula is C20H25NOS. The second-order valence-corrected chi connectivity index (χ2v) is 6.67. The van der Waals surface area contributed by atoms with E-state index in [1.54, 1.807) is 11.3 Å². The first-order chi connectivity index (χ1) is 10.7. The van der Waals surface area contributed by atoms with Crippen LogP contribution in [0.1, 0.15) is 24.8 Å². The predicted octanol–water partition coefficient (Wildman–Crippen LogP) is 5.61. The van der Waals surface area contributed by atoms with Crippen molar-refractivity contribution in [2.45, 2.75) is 20.0 Å². The number of ether oxygens (including phenoxy) is 1. The van der Waals surface area contributed by atoms with E-state index in [1.165, 1.54) is 15.6 Å². The van der Waals surface area contributed by atoms with Gasteiger partial charge in [-0.3, -0.25) is 0 Å². The average Bonchev–Trinajstić information content (AvgIpc) is 3.05. The lowest BCUT2D eigenvalue weighted by molar-refractivity contribution is 0.185. The van der Waals surface area contributed by atoms with E-state index in [9.17, 15) is 0 Å². The Hall–Kier alpha value is -1.84. The molecule has 0 aliphatic carbocycles. The topological polar surface area (TPSA) is 12.5 Å². The van der Waals surface area contributed by atoms with Gasteiger partial charge < -0.3 is 9.64 Å². The molecule has 122 valence electrons. The van der Waals surface area contributed by atoms with Crippen molar-refractivity contribution in [1.82, 2.24) is 4.90 Å². The molecule has 3 heteroatoms. The van der Waals surface area contributed by atoms with Crippen LogP contribution in [0.3, 0.4) is 0 Å². The van der Waals surface area contributed by atoms with Crippen LogP contribution in [0.15, 0.2) is 60.0 Å². The van der Waals surface area contributed by atoms with E-state index >= 15 is 0 Å². The van der Waals surface area contributed by atoms with Gasteiger partial charge in [-0.1, -0.05) is 49.9 Å². The lowest BCUT2D eigenvalue weighted by atomic mass is 10.1. The normalized spacial score (nSPS) is 12.1. The highest BCUT2D eigenvalue weighted by Crippen LogP contribution is 2.32. The Morgan fingerprint density at radius 1 is 1.00 bits per heavy atom. The Kier molecular flexibility index (Phi) is 6.20. The summed E-state index contributed by atoms with van der Waals surface area (Å²) in [6, 6.07) is 18.9. The van der Waals surface area contributed by atoms with Crippen molar-refractivity contribution in [3.63, 3.8) is 0 Å². The third-order valence-electron chi connectivity index (χ3n) is 3.72. The third-order valence-corrected chi connectivity index (χ3v) is 4.68. The quantitative estimate of drug-likeness (QED) is 0.583. The zero-order valence-corrected chi connectivity index (χ0v) is 13.8. The predicted molar refractivity (Wildman–Crippen MR) is 102 cm³/mol. The van der Waals surface area contributed by atoms with Crippen molar-refractivity contribution >= 4 is 22.1 Å². The fraction of sp³-hybridized carbons (Fsp3) is 0.300. The summed E-state index contributed by atoms with van der Waals surface area (Å²) < 4.78 is 6.41. The van der Waals surface area contributed by atoms with Crippen LogP contribution >= 0.6 is 11.3 Å². The number of fused-ring (bicyclic) bond motifs is 1. The molecule has 0 fully saturated rings. The highest BCUT2D eigenvalue weighted by Gasteiger charge is 2.16. The second-order valence-electron chi connectivity index (χ2n) is 5.69. The highest BCUT2D eigenvalue weighted by molar-refractivity contribution is 7.10.